The average Bonchev–Trinajstić information content (AvgIpc) is 3.34. The van der Waals surface area contributed by atoms with Crippen LogP contribution in [0.4, 0.5) is 0 Å². The maximum absolute atomic E-state index is 12.7. The van der Waals surface area contributed by atoms with Gasteiger partial charge in [0.25, 0.3) is 5.91 Å². The highest BCUT2D eigenvalue weighted by Gasteiger charge is 2.28. The minimum Gasteiger partial charge on any atom is -0.484 e. The van der Waals surface area contributed by atoms with E-state index < -0.39 is 0 Å². The first-order chi connectivity index (χ1) is 12.7. The summed E-state index contributed by atoms with van der Waals surface area (Å²) in [5.74, 6) is 2.29. The first-order valence-electron chi connectivity index (χ1n) is 9.02. The molecule has 0 bridgehead atoms. The maximum Gasteiger partial charge on any atom is 0.276 e. The molecule has 0 unspecified atom stereocenters. The molecule has 7 heteroatoms. The second-order valence-corrected chi connectivity index (χ2v) is 6.49. The minimum absolute atomic E-state index is 0.0605. The summed E-state index contributed by atoms with van der Waals surface area (Å²) < 4.78 is 21.7. The Morgan fingerprint density at radius 1 is 1.31 bits per heavy atom. The van der Waals surface area contributed by atoms with Gasteiger partial charge in [-0.2, -0.15) is 0 Å². The van der Waals surface area contributed by atoms with Crippen molar-refractivity contribution in [2.75, 3.05) is 13.3 Å². The summed E-state index contributed by atoms with van der Waals surface area (Å²) in [6.45, 7) is 3.26. The smallest absolute Gasteiger partial charge is 0.276 e. The Labute approximate surface area is 151 Å². The van der Waals surface area contributed by atoms with E-state index in [-0.39, 0.29) is 19.3 Å². The third-order valence-electron chi connectivity index (χ3n) is 4.84. The predicted molar refractivity (Wildman–Crippen MR) is 92.4 cm³/mol. The molecule has 1 saturated heterocycles. The summed E-state index contributed by atoms with van der Waals surface area (Å²) >= 11 is 0. The van der Waals surface area contributed by atoms with Crippen LogP contribution < -0.4 is 14.2 Å². The van der Waals surface area contributed by atoms with E-state index in [2.05, 4.69) is 11.9 Å². The highest BCUT2D eigenvalue weighted by molar-refractivity contribution is 5.92. The van der Waals surface area contributed by atoms with Gasteiger partial charge in [-0.05, 0) is 37.8 Å². The highest BCUT2D eigenvalue weighted by atomic mass is 16.7. The fraction of sp³-hybridized carbons (Fsp3) is 0.474. The molecular formula is C19H22N2O5. The van der Waals surface area contributed by atoms with Gasteiger partial charge in [-0.1, -0.05) is 6.92 Å². The molecule has 0 aliphatic carbocycles. The van der Waals surface area contributed by atoms with Crippen LogP contribution >= 0.6 is 0 Å². The normalized spacial score (nSPS) is 18.8. The first kappa shape index (κ1) is 16.8. The molecule has 1 aromatic carbocycles. The van der Waals surface area contributed by atoms with Gasteiger partial charge in [0, 0.05) is 18.7 Å². The second-order valence-electron chi connectivity index (χ2n) is 6.49. The fourth-order valence-electron chi connectivity index (χ4n) is 3.43. The molecule has 0 saturated carbocycles. The fourth-order valence-corrected chi connectivity index (χ4v) is 3.43. The largest absolute Gasteiger partial charge is 0.484 e. The number of likely N-dealkylation sites (tertiary alicyclic amines) is 1. The standard InChI is InChI=1S/C19H22N2O5/c1-2-13-5-3-4-8-21(13)19(22)15-10-24-18(20-15)11-23-14-6-7-16-17(9-14)26-12-25-16/h6-7,9-10,13H,2-5,8,11-12H2,1H3/t13-/m0/s1. The lowest BCUT2D eigenvalue weighted by molar-refractivity contribution is 0.0602. The van der Waals surface area contributed by atoms with Crippen molar-refractivity contribution in [3.8, 4) is 17.2 Å². The van der Waals surface area contributed by atoms with E-state index in [4.69, 9.17) is 18.6 Å². The van der Waals surface area contributed by atoms with E-state index in [1.165, 1.54) is 12.7 Å². The number of oxazole rings is 1. The number of benzene rings is 1. The summed E-state index contributed by atoms with van der Waals surface area (Å²) in [6, 6.07) is 5.64. The van der Waals surface area contributed by atoms with Crippen LogP contribution in [0.15, 0.2) is 28.9 Å². The van der Waals surface area contributed by atoms with Crippen molar-refractivity contribution < 1.29 is 23.4 Å². The molecule has 4 rings (SSSR count). The van der Waals surface area contributed by atoms with Crippen LogP contribution in [-0.2, 0) is 6.61 Å². The van der Waals surface area contributed by atoms with Gasteiger partial charge in [0.15, 0.2) is 23.8 Å². The van der Waals surface area contributed by atoms with Crippen molar-refractivity contribution in [3.63, 3.8) is 0 Å². The molecule has 26 heavy (non-hydrogen) atoms. The van der Waals surface area contributed by atoms with Gasteiger partial charge in [0.05, 0.1) is 0 Å². The van der Waals surface area contributed by atoms with Crippen LogP contribution in [-0.4, -0.2) is 35.2 Å². The Bertz CT molecular complexity index is 788. The van der Waals surface area contributed by atoms with E-state index in [0.29, 0.717) is 34.9 Å². The van der Waals surface area contributed by atoms with Crippen molar-refractivity contribution in [2.45, 2.75) is 45.3 Å². The molecular weight excluding hydrogens is 336 g/mol. The average molecular weight is 358 g/mol. The van der Waals surface area contributed by atoms with Gasteiger partial charge in [0.2, 0.25) is 12.7 Å². The van der Waals surface area contributed by atoms with Crippen molar-refractivity contribution in [1.29, 1.82) is 0 Å². The molecule has 0 radical (unpaired) electrons. The Kier molecular flexibility index (Phi) is 4.69. The van der Waals surface area contributed by atoms with Gasteiger partial charge in [-0.25, -0.2) is 4.98 Å². The van der Waals surface area contributed by atoms with Crippen molar-refractivity contribution in [2.24, 2.45) is 0 Å². The molecule has 2 aromatic rings. The zero-order valence-electron chi connectivity index (χ0n) is 14.8. The summed E-state index contributed by atoms with van der Waals surface area (Å²) in [5.41, 5.74) is 0.342. The highest BCUT2D eigenvalue weighted by Crippen LogP contribution is 2.35. The lowest BCUT2D eigenvalue weighted by Gasteiger charge is -2.34. The third kappa shape index (κ3) is 3.34. The van der Waals surface area contributed by atoms with Crippen molar-refractivity contribution >= 4 is 5.91 Å². The van der Waals surface area contributed by atoms with Crippen LogP contribution in [0.2, 0.25) is 0 Å². The Hall–Kier alpha value is -2.70. The summed E-state index contributed by atoms with van der Waals surface area (Å²) in [7, 11) is 0. The topological polar surface area (TPSA) is 74.0 Å². The number of fused-ring (bicyclic) bond motifs is 1. The second kappa shape index (κ2) is 7.27. The number of amides is 1. The number of carbonyl (C=O) groups excluding carboxylic acids is 1. The number of carbonyl (C=O) groups is 1. The Morgan fingerprint density at radius 3 is 3.08 bits per heavy atom. The Balaban J connectivity index is 1.39. The van der Waals surface area contributed by atoms with Crippen LogP contribution in [0.25, 0.3) is 0 Å². The Morgan fingerprint density at radius 2 is 2.19 bits per heavy atom. The van der Waals surface area contributed by atoms with Crippen LogP contribution in [0.3, 0.4) is 0 Å². The van der Waals surface area contributed by atoms with Crippen molar-refractivity contribution in [1.82, 2.24) is 9.88 Å². The zero-order valence-corrected chi connectivity index (χ0v) is 14.8. The molecule has 1 amide bonds. The monoisotopic (exact) mass is 358 g/mol. The molecule has 0 N–H and O–H groups in total. The van der Waals surface area contributed by atoms with E-state index in [1.807, 2.05) is 4.90 Å². The summed E-state index contributed by atoms with van der Waals surface area (Å²) in [4.78, 5) is 18.9. The molecule has 0 spiro atoms. The molecule has 138 valence electrons. The van der Waals surface area contributed by atoms with Gasteiger partial charge >= 0.3 is 0 Å². The maximum atomic E-state index is 12.7. The molecule has 7 nitrogen and oxygen atoms in total. The quantitative estimate of drug-likeness (QED) is 0.816. The lowest BCUT2D eigenvalue weighted by Crippen LogP contribution is -2.43. The zero-order chi connectivity index (χ0) is 17.9. The van der Waals surface area contributed by atoms with E-state index in [1.54, 1.807) is 18.2 Å². The number of rotatable bonds is 5. The molecule has 1 fully saturated rings. The number of nitrogens with zero attached hydrogens (tertiary/aromatic N) is 2. The van der Waals surface area contributed by atoms with Crippen LogP contribution in [0, 0.1) is 0 Å². The molecule has 2 aliphatic heterocycles. The van der Waals surface area contributed by atoms with Crippen molar-refractivity contribution in [3.05, 3.63) is 36.0 Å². The minimum atomic E-state index is -0.0605. The predicted octanol–water partition coefficient (Wildman–Crippen LogP) is 3.39. The van der Waals surface area contributed by atoms with Gasteiger partial charge in [-0.15, -0.1) is 0 Å². The van der Waals surface area contributed by atoms with E-state index in [0.717, 1.165) is 25.8 Å². The summed E-state index contributed by atoms with van der Waals surface area (Å²) in [6.07, 6.45) is 5.65. The first-order valence-corrected chi connectivity index (χ1v) is 9.02. The van der Waals surface area contributed by atoms with E-state index in [9.17, 15) is 4.79 Å². The number of hydrogen-bond donors (Lipinski definition) is 0. The van der Waals surface area contributed by atoms with Crippen LogP contribution in [0.5, 0.6) is 17.2 Å². The van der Waals surface area contributed by atoms with Crippen LogP contribution in [0.1, 0.15) is 49.0 Å². The summed E-state index contributed by atoms with van der Waals surface area (Å²) in [5, 5.41) is 0. The molecule has 2 aliphatic rings. The lowest BCUT2D eigenvalue weighted by atomic mass is 10.00. The van der Waals surface area contributed by atoms with E-state index >= 15 is 0 Å². The number of aromatic nitrogens is 1. The van der Waals surface area contributed by atoms with Gasteiger partial charge < -0.3 is 23.5 Å². The number of ether oxygens (including phenoxy) is 3. The molecule has 1 aromatic heterocycles. The van der Waals surface area contributed by atoms with Gasteiger partial charge in [0.1, 0.15) is 12.0 Å². The molecule has 1 atom stereocenters. The SMILES string of the molecule is CC[C@H]1CCCCN1C(=O)c1coc(COc2ccc3c(c2)OCO3)n1. The third-order valence-corrected chi connectivity index (χ3v) is 4.84. The van der Waals surface area contributed by atoms with Gasteiger partial charge in [-0.3, -0.25) is 4.79 Å². The molecule has 3 heterocycles. The number of piperidine rings is 1. The number of hydrogen-bond acceptors (Lipinski definition) is 6.